The molecule has 0 spiro atoms. The van der Waals surface area contributed by atoms with Gasteiger partial charge in [-0.1, -0.05) is 11.6 Å². The number of aliphatic hydroxyl groups excluding tert-OH is 1. The van der Waals surface area contributed by atoms with Crippen LogP contribution < -0.4 is 0 Å². The summed E-state index contributed by atoms with van der Waals surface area (Å²) < 4.78 is 13.1. The first-order valence-electron chi connectivity index (χ1n) is 6.88. The third-order valence-corrected chi connectivity index (χ3v) is 3.65. The van der Waals surface area contributed by atoms with Gasteiger partial charge >= 0.3 is 0 Å². The number of imidazole rings is 1. The summed E-state index contributed by atoms with van der Waals surface area (Å²) >= 11 is 6.00. The maximum absolute atomic E-state index is 9.90. The average molecular weight is 329 g/mol. The van der Waals surface area contributed by atoms with Crippen LogP contribution >= 0.6 is 11.6 Å². The van der Waals surface area contributed by atoms with Crippen LogP contribution in [0.5, 0.6) is 0 Å². The van der Waals surface area contributed by atoms with Crippen LogP contribution in [0.25, 0.3) is 11.2 Å². The highest BCUT2D eigenvalue weighted by molar-refractivity contribution is 6.33. The topological polar surface area (TPSA) is 103 Å². The molecule has 1 aliphatic rings. The molecular weight excluding hydrogens is 312 g/mol. The smallest absolute Gasteiger partial charge is 0.167 e. The molecule has 2 N–H and O–H groups in total. The molecule has 1 aliphatic heterocycles. The van der Waals surface area contributed by atoms with E-state index in [2.05, 4.69) is 15.0 Å². The Labute approximate surface area is 131 Å². The summed E-state index contributed by atoms with van der Waals surface area (Å²) in [5, 5.41) is 19.5. The number of hydrogen-bond acceptors (Lipinski definition) is 7. The molecule has 2 unspecified atom stereocenters. The summed E-state index contributed by atoms with van der Waals surface area (Å²) in [7, 11) is 0. The molecule has 0 radical (unpaired) electrons. The standard InChI is InChI=1S/C13H17ClN4O4/c1-13(2,20)22-8-3-7(4-19)21-12(8)18-6-17-9-10(14)15-5-16-11(9)18/h5-8,12,19-20H,3-4H2,1-2H3/t7?,8-,12?/m1/s1. The normalized spacial score (nSPS) is 26.0. The Balaban J connectivity index is 1.97. The van der Waals surface area contributed by atoms with Crippen molar-refractivity contribution in [2.75, 3.05) is 6.61 Å². The predicted octanol–water partition coefficient (Wildman–Crippen LogP) is 0.873. The van der Waals surface area contributed by atoms with E-state index >= 15 is 0 Å². The van der Waals surface area contributed by atoms with Crippen LogP contribution in [-0.4, -0.2) is 54.3 Å². The van der Waals surface area contributed by atoms with Crippen molar-refractivity contribution in [3.05, 3.63) is 17.8 Å². The molecule has 0 saturated carbocycles. The number of ether oxygens (including phenoxy) is 2. The van der Waals surface area contributed by atoms with Gasteiger partial charge in [0.05, 0.1) is 19.0 Å². The summed E-state index contributed by atoms with van der Waals surface area (Å²) in [6.07, 6.45) is 1.92. The largest absolute Gasteiger partial charge is 0.394 e. The van der Waals surface area contributed by atoms with Crippen molar-refractivity contribution in [2.45, 2.75) is 44.5 Å². The molecule has 3 atom stereocenters. The predicted molar refractivity (Wildman–Crippen MR) is 77.1 cm³/mol. The molecule has 0 aromatic carbocycles. The Hall–Kier alpha value is -1.32. The zero-order valence-corrected chi connectivity index (χ0v) is 12.9. The minimum atomic E-state index is -1.32. The lowest BCUT2D eigenvalue weighted by Crippen LogP contribution is -2.33. The molecule has 0 bridgehead atoms. The monoisotopic (exact) mass is 328 g/mol. The van der Waals surface area contributed by atoms with Crippen LogP contribution in [0, 0.1) is 0 Å². The maximum Gasteiger partial charge on any atom is 0.167 e. The number of aliphatic hydroxyl groups is 2. The fraction of sp³-hybridized carbons (Fsp3) is 0.615. The Morgan fingerprint density at radius 2 is 2.23 bits per heavy atom. The fourth-order valence-corrected chi connectivity index (χ4v) is 2.74. The molecular formula is C13H17ClN4O4. The van der Waals surface area contributed by atoms with E-state index in [4.69, 9.17) is 21.1 Å². The first-order chi connectivity index (χ1) is 10.4. The van der Waals surface area contributed by atoms with Crippen molar-refractivity contribution >= 4 is 22.8 Å². The zero-order valence-electron chi connectivity index (χ0n) is 12.2. The van der Waals surface area contributed by atoms with Crippen molar-refractivity contribution < 1.29 is 19.7 Å². The molecule has 2 aromatic heterocycles. The maximum atomic E-state index is 9.90. The SMILES string of the molecule is CC(C)(O)O[C@@H]1CC(CO)OC1n1cnc2c(Cl)ncnc21. The van der Waals surface area contributed by atoms with Gasteiger partial charge in [-0.3, -0.25) is 4.57 Å². The van der Waals surface area contributed by atoms with Crippen LogP contribution in [0.15, 0.2) is 12.7 Å². The molecule has 120 valence electrons. The van der Waals surface area contributed by atoms with E-state index in [0.717, 1.165) is 0 Å². The van der Waals surface area contributed by atoms with E-state index in [1.807, 2.05) is 0 Å². The van der Waals surface area contributed by atoms with Crippen LogP contribution in [-0.2, 0) is 9.47 Å². The van der Waals surface area contributed by atoms with E-state index in [1.165, 1.54) is 12.7 Å². The van der Waals surface area contributed by atoms with Crippen molar-refractivity contribution in [1.82, 2.24) is 19.5 Å². The third kappa shape index (κ3) is 2.92. The zero-order chi connectivity index (χ0) is 15.9. The summed E-state index contributed by atoms with van der Waals surface area (Å²) in [5.74, 6) is -1.32. The van der Waals surface area contributed by atoms with Gasteiger partial charge in [0.15, 0.2) is 22.8 Å². The number of rotatable bonds is 4. The van der Waals surface area contributed by atoms with Crippen molar-refractivity contribution in [3.8, 4) is 0 Å². The molecule has 3 heterocycles. The number of hydrogen-bond donors (Lipinski definition) is 2. The second-order valence-electron chi connectivity index (χ2n) is 5.66. The second kappa shape index (κ2) is 5.71. The van der Waals surface area contributed by atoms with Gasteiger partial charge in [-0.2, -0.15) is 0 Å². The van der Waals surface area contributed by atoms with Crippen molar-refractivity contribution in [1.29, 1.82) is 0 Å². The highest BCUT2D eigenvalue weighted by Gasteiger charge is 2.40. The molecule has 0 aliphatic carbocycles. The lowest BCUT2D eigenvalue weighted by molar-refractivity contribution is -0.222. The van der Waals surface area contributed by atoms with Gasteiger partial charge in [0.2, 0.25) is 0 Å². The highest BCUT2D eigenvalue weighted by atomic mass is 35.5. The summed E-state index contributed by atoms with van der Waals surface area (Å²) in [5.41, 5.74) is 0.968. The van der Waals surface area contributed by atoms with Gasteiger partial charge in [0.1, 0.15) is 17.9 Å². The van der Waals surface area contributed by atoms with Crippen LogP contribution in [0.1, 0.15) is 26.5 Å². The Bertz CT molecular complexity index is 672. The summed E-state index contributed by atoms with van der Waals surface area (Å²) in [6, 6.07) is 0. The van der Waals surface area contributed by atoms with E-state index < -0.39 is 18.1 Å². The van der Waals surface area contributed by atoms with Gasteiger partial charge < -0.3 is 19.7 Å². The van der Waals surface area contributed by atoms with Crippen molar-refractivity contribution in [3.63, 3.8) is 0 Å². The molecule has 22 heavy (non-hydrogen) atoms. The van der Waals surface area contributed by atoms with Gasteiger partial charge in [-0.25, -0.2) is 15.0 Å². The first kappa shape index (κ1) is 15.6. The van der Waals surface area contributed by atoms with Gasteiger partial charge in [-0.05, 0) is 13.8 Å². The molecule has 8 nitrogen and oxygen atoms in total. The van der Waals surface area contributed by atoms with Gasteiger partial charge in [0.25, 0.3) is 0 Å². The minimum absolute atomic E-state index is 0.134. The van der Waals surface area contributed by atoms with E-state index in [-0.39, 0.29) is 17.9 Å². The molecule has 9 heteroatoms. The van der Waals surface area contributed by atoms with E-state index in [0.29, 0.717) is 17.6 Å². The molecule has 3 rings (SSSR count). The summed E-state index contributed by atoms with van der Waals surface area (Å²) in [4.78, 5) is 12.2. The minimum Gasteiger partial charge on any atom is -0.394 e. The van der Waals surface area contributed by atoms with Gasteiger partial charge in [-0.15, -0.1) is 0 Å². The van der Waals surface area contributed by atoms with Gasteiger partial charge in [0, 0.05) is 6.42 Å². The first-order valence-corrected chi connectivity index (χ1v) is 7.26. The Kier molecular flexibility index (Phi) is 4.04. The molecule has 2 aromatic rings. The quantitative estimate of drug-likeness (QED) is 0.634. The van der Waals surface area contributed by atoms with Crippen LogP contribution in [0.3, 0.4) is 0 Å². The van der Waals surface area contributed by atoms with E-state index in [1.54, 1.807) is 18.4 Å². The summed E-state index contributed by atoms with van der Waals surface area (Å²) in [6.45, 7) is 2.95. The second-order valence-corrected chi connectivity index (χ2v) is 6.02. The number of nitrogens with zero attached hydrogens (tertiary/aromatic N) is 4. The van der Waals surface area contributed by atoms with Crippen LogP contribution in [0.2, 0.25) is 5.15 Å². The van der Waals surface area contributed by atoms with Crippen LogP contribution in [0.4, 0.5) is 0 Å². The molecule has 1 saturated heterocycles. The molecule has 0 amide bonds. The fourth-order valence-electron chi connectivity index (χ4n) is 2.56. The number of aromatic nitrogens is 4. The number of halogens is 1. The number of fused-ring (bicyclic) bond motifs is 1. The van der Waals surface area contributed by atoms with Crippen molar-refractivity contribution in [2.24, 2.45) is 0 Å². The lowest BCUT2D eigenvalue weighted by Gasteiger charge is -2.27. The average Bonchev–Trinajstić information content (AvgIpc) is 3.01. The lowest BCUT2D eigenvalue weighted by atomic mass is 10.2. The third-order valence-electron chi connectivity index (χ3n) is 3.38. The molecule has 1 fully saturated rings. The van der Waals surface area contributed by atoms with E-state index in [9.17, 15) is 10.2 Å². The Morgan fingerprint density at radius 3 is 2.91 bits per heavy atom. The Morgan fingerprint density at radius 1 is 1.45 bits per heavy atom. The highest BCUT2D eigenvalue weighted by Crippen LogP contribution is 2.35.